The zero-order chi connectivity index (χ0) is 37.3. The van der Waals surface area contributed by atoms with Crippen LogP contribution in [0.3, 0.4) is 0 Å². The molecule has 5 rings (SSSR count). The third kappa shape index (κ3) is 8.75. The second-order valence-electron chi connectivity index (χ2n) is 13.5. The molecule has 3 aromatic carbocycles. The molecular formula is C42H49N5O5. The largest absolute Gasteiger partial charge is 0.497 e. The van der Waals surface area contributed by atoms with E-state index < -0.39 is 17.4 Å². The summed E-state index contributed by atoms with van der Waals surface area (Å²) in [4.78, 5) is 28.9. The van der Waals surface area contributed by atoms with E-state index in [4.69, 9.17) is 4.74 Å². The number of aliphatic hydroxyl groups is 2. The highest BCUT2D eigenvalue weighted by Crippen LogP contribution is 2.46. The van der Waals surface area contributed by atoms with E-state index in [9.17, 15) is 19.8 Å². The van der Waals surface area contributed by atoms with Crippen molar-refractivity contribution < 1.29 is 24.5 Å². The maximum Gasteiger partial charge on any atom is 0.264 e. The molecule has 0 bridgehead atoms. The zero-order valence-corrected chi connectivity index (χ0v) is 30.6. The molecule has 4 aromatic rings. The van der Waals surface area contributed by atoms with Crippen molar-refractivity contribution in [3.63, 3.8) is 0 Å². The predicted octanol–water partition coefficient (Wildman–Crippen LogP) is 7.17. The molecule has 0 spiro atoms. The monoisotopic (exact) mass is 703 g/mol. The zero-order valence-electron chi connectivity index (χ0n) is 30.6. The number of aliphatic hydroxyl groups excluding tert-OH is 1. The van der Waals surface area contributed by atoms with Crippen LogP contribution in [0.15, 0.2) is 114 Å². The minimum Gasteiger partial charge on any atom is -0.497 e. The molecule has 2 amide bonds. The first kappa shape index (κ1) is 37.9. The molecule has 2 heterocycles. The van der Waals surface area contributed by atoms with E-state index in [-0.39, 0.29) is 18.4 Å². The number of amides is 2. The number of hydrogen-bond donors (Lipinski definition) is 3. The summed E-state index contributed by atoms with van der Waals surface area (Å²) < 4.78 is 6.94. The first-order valence-corrected chi connectivity index (χ1v) is 17.7. The number of methoxy groups -OCH3 is 1. The van der Waals surface area contributed by atoms with Crippen LogP contribution in [0, 0.1) is 5.92 Å². The van der Waals surface area contributed by atoms with Crippen molar-refractivity contribution in [3.05, 3.63) is 137 Å². The smallest absolute Gasteiger partial charge is 0.264 e. The number of aryl methyl sites for hydroxylation is 1. The van der Waals surface area contributed by atoms with Gasteiger partial charge >= 0.3 is 0 Å². The third-order valence-corrected chi connectivity index (χ3v) is 9.50. The highest BCUT2D eigenvalue weighted by Gasteiger charge is 2.52. The first-order chi connectivity index (χ1) is 25.0. The van der Waals surface area contributed by atoms with Crippen LogP contribution < -0.4 is 15.0 Å². The molecule has 1 aliphatic heterocycles. The summed E-state index contributed by atoms with van der Waals surface area (Å²) in [5.74, 6) is -0.949. The van der Waals surface area contributed by atoms with Crippen LogP contribution in [0.25, 0.3) is 0 Å². The molecule has 272 valence electrons. The van der Waals surface area contributed by atoms with Gasteiger partial charge in [0.2, 0.25) is 0 Å². The van der Waals surface area contributed by atoms with Crippen LogP contribution >= 0.6 is 0 Å². The molecule has 1 unspecified atom stereocenters. The van der Waals surface area contributed by atoms with E-state index in [0.717, 1.165) is 24.0 Å². The Balaban J connectivity index is 1.34. The van der Waals surface area contributed by atoms with E-state index in [2.05, 4.69) is 42.5 Å². The summed E-state index contributed by atoms with van der Waals surface area (Å²) >= 11 is 0. The average Bonchev–Trinajstić information content (AvgIpc) is 3.70. The Labute approximate surface area is 306 Å². The lowest BCUT2D eigenvalue weighted by atomic mass is 9.82. The number of benzene rings is 3. The number of carbonyl (C=O) groups excluding carboxylic acids is 2. The van der Waals surface area contributed by atoms with Crippen LogP contribution in [0.4, 0.5) is 11.4 Å². The Kier molecular flexibility index (Phi) is 12.6. The lowest BCUT2D eigenvalue weighted by Gasteiger charge is -2.27. The number of nitrogens with zero attached hydrogens (tertiary/aromatic N) is 4. The van der Waals surface area contributed by atoms with Gasteiger partial charge in [0.15, 0.2) is 5.60 Å². The maximum absolute atomic E-state index is 14.2. The number of aromatic nitrogens is 3. The second-order valence-corrected chi connectivity index (χ2v) is 13.5. The van der Waals surface area contributed by atoms with Crippen LogP contribution in [-0.4, -0.2) is 57.3 Å². The molecule has 0 aliphatic carbocycles. The Morgan fingerprint density at radius 2 is 1.77 bits per heavy atom. The maximum atomic E-state index is 14.2. The lowest BCUT2D eigenvalue weighted by Crippen LogP contribution is -2.44. The third-order valence-electron chi connectivity index (χ3n) is 9.50. The van der Waals surface area contributed by atoms with Gasteiger partial charge in [-0.25, -0.2) is 0 Å². The van der Waals surface area contributed by atoms with E-state index in [0.29, 0.717) is 53.5 Å². The number of allylic oxidation sites excluding steroid dienone is 4. The summed E-state index contributed by atoms with van der Waals surface area (Å²) in [6.07, 6.45) is 12.2. The van der Waals surface area contributed by atoms with Gasteiger partial charge in [0, 0.05) is 42.0 Å². The molecule has 0 radical (unpaired) electrons. The van der Waals surface area contributed by atoms with Gasteiger partial charge in [0.1, 0.15) is 5.75 Å². The van der Waals surface area contributed by atoms with Crippen molar-refractivity contribution in [1.82, 2.24) is 15.0 Å². The van der Waals surface area contributed by atoms with Gasteiger partial charge in [-0.3, -0.25) is 14.3 Å². The van der Waals surface area contributed by atoms with Crippen molar-refractivity contribution in [2.75, 3.05) is 30.5 Å². The van der Waals surface area contributed by atoms with Crippen LogP contribution in [0.2, 0.25) is 0 Å². The molecule has 1 aromatic heterocycles. The molecular weight excluding hydrogens is 654 g/mol. The van der Waals surface area contributed by atoms with Gasteiger partial charge in [-0.1, -0.05) is 77.9 Å². The minimum absolute atomic E-state index is 0.0800. The van der Waals surface area contributed by atoms with Gasteiger partial charge in [0.25, 0.3) is 11.8 Å². The Hall–Kier alpha value is -5.32. The topological polar surface area (TPSA) is 130 Å². The summed E-state index contributed by atoms with van der Waals surface area (Å²) in [6.45, 7) is 8.79. The number of carbonyl (C=O) groups is 2. The fourth-order valence-electron chi connectivity index (χ4n) is 6.37. The SMILES string of the molecule is COc1ccc(C(=O)Nc2ccc3c(c2)[C@@](O)([C@H](C)/C=C/CCn2cc(C(CO)c4ccccc4)nn2)C(=O)N3C/C=C(\C)CCC=C(C)C)cc1. The van der Waals surface area contributed by atoms with E-state index >= 15 is 0 Å². The summed E-state index contributed by atoms with van der Waals surface area (Å²) in [5, 5.41) is 33.8. The Morgan fingerprint density at radius 1 is 1.02 bits per heavy atom. The molecule has 52 heavy (non-hydrogen) atoms. The van der Waals surface area contributed by atoms with Crippen LogP contribution in [0.5, 0.6) is 5.75 Å². The quantitative estimate of drug-likeness (QED) is 0.106. The standard InChI is InChI=1S/C42H49N5O5/c1-29(2)12-11-13-30(3)23-25-47-39-22-19-34(43-40(49)33-17-20-35(52-5)21-18-33)26-37(39)42(51,41(47)50)31(4)14-9-10-24-46-27-38(44-45-46)36(28-48)32-15-7-6-8-16-32/h6-9,12,14-23,26-27,31,36,48,51H,10-11,13,24-25,28H2,1-5H3,(H,43,49)/b14-9+,30-23+/t31-,36?,42+/m1/s1. The fourth-order valence-corrected chi connectivity index (χ4v) is 6.37. The normalized spacial score (nSPS) is 16.9. The number of fused-ring (bicyclic) bond motifs is 1. The molecule has 0 saturated heterocycles. The second kappa shape index (κ2) is 17.3. The number of nitrogens with one attached hydrogen (secondary N) is 1. The van der Waals surface area contributed by atoms with Gasteiger partial charge in [-0.2, -0.15) is 0 Å². The van der Waals surface area contributed by atoms with Crippen molar-refractivity contribution in [3.8, 4) is 5.75 Å². The molecule has 3 N–H and O–H groups in total. The number of anilines is 2. The van der Waals surface area contributed by atoms with Crippen LogP contribution in [-0.2, 0) is 16.9 Å². The van der Waals surface area contributed by atoms with Gasteiger partial charge < -0.3 is 25.2 Å². The predicted molar refractivity (Wildman–Crippen MR) is 204 cm³/mol. The van der Waals surface area contributed by atoms with E-state index in [1.54, 1.807) is 59.2 Å². The molecule has 0 fully saturated rings. The number of rotatable bonds is 16. The number of ether oxygens (including phenoxy) is 1. The highest BCUT2D eigenvalue weighted by atomic mass is 16.5. The first-order valence-electron chi connectivity index (χ1n) is 17.7. The average molecular weight is 704 g/mol. The Morgan fingerprint density at radius 3 is 2.46 bits per heavy atom. The molecule has 0 saturated carbocycles. The van der Waals surface area contributed by atoms with Crippen LogP contribution in [0.1, 0.15) is 80.1 Å². The summed E-state index contributed by atoms with van der Waals surface area (Å²) in [7, 11) is 1.57. The van der Waals surface area contributed by atoms with E-state index in [1.165, 1.54) is 5.57 Å². The van der Waals surface area contributed by atoms with E-state index in [1.807, 2.05) is 61.7 Å². The lowest BCUT2D eigenvalue weighted by molar-refractivity contribution is -0.139. The van der Waals surface area contributed by atoms with Gasteiger partial charge in [0.05, 0.1) is 31.0 Å². The molecule has 10 heteroatoms. The highest BCUT2D eigenvalue weighted by molar-refractivity contribution is 6.09. The fraction of sp³-hybridized carbons (Fsp3) is 0.333. The molecule has 10 nitrogen and oxygen atoms in total. The van der Waals surface area contributed by atoms with Crippen molar-refractivity contribution >= 4 is 23.2 Å². The summed E-state index contributed by atoms with van der Waals surface area (Å²) in [6, 6.07) is 21.7. The van der Waals surface area contributed by atoms with Crippen molar-refractivity contribution in [2.45, 2.75) is 65.0 Å². The number of hydrogen-bond acceptors (Lipinski definition) is 7. The Bertz CT molecular complexity index is 1930. The van der Waals surface area contributed by atoms with Gasteiger partial charge in [-0.05, 0) is 88.1 Å². The van der Waals surface area contributed by atoms with Crippen molar-refractivity contribution in [2.24, 2.45) is 5.92 Å². The molecule has 3 atom stereocenters. The molecule has 1 aliphatic rings. The summed E-state index contributed by atoms with van der Waals surface area (Å²) in [5.41, 5.74) is 4.18. The minimum atomic E-state index is -1.86. The van der Waals surface area contributed by atoms with Crippen molar-refractivity contribution in [1.29, 1.82) is 0 Å². The van der Waals surface area contributed by atoms with Gasteiger partial charge in [-0.15, -0.1) is 5.10 Å².